The van der Waals surface area contributed by atoms with Crippen LogP contribution in [-0.2, 0) is 20.5 Å². The molecule has 4 N–H and O–H groups in total. The highest BCUT2D eigenvalue weighted by molar-refractivity contribution is 6.02. The Morgan fingerprint density at radius 1 is 1.07 bits per heavy atom. The number of para-hydroxylation sites is 1. The number of amides is 1. The minimum absolute atomic E-state index is 0.0798. The first kappa shape index (κ1) is 29.2. The maximum atomic E-state index is 13.5. The Balaban J connectivity index is 0.000000244. The van der Waals surface area contributed by atoms with Crippen LogP contribution < -0.4 is 17.0 Å². The number of rotatable bonds is 5. The number of nitrogen functional groups attached to an aromatic ring is 1. The van der Waals surface area contributed by atoms with E-state index in [1.807, 2.05) is 75.6 Å². The van der Waals surface area contributed by atoms with Crippen molar-refractivity contribution in [2.24, 2.45) is 24.8 Å². The van der Waals surface area contributed by atoms with E-state index < -0.39 is 5.91 Å². The highest BCUT2D eigenvalue weighted by Crippen LogP contribution is 2.23. The molecule has 0 saturated carbocycles. The van der Waals surface area contributed by atoms with Crippen LogP contribution in [-0.4, -0.2) is 41.2 Å². The van der Waals surface area contributed by atoms with Crippen LogP contribution in [0.4, 0.5) is 11.6 Å². The van der Waals surface area contributed by atoms with Gasteiger partial charge in [-0.3, -0.25) is 18.8 Å². The van der Waals surface area contributed by atoms with Crippen molar-refractivity contribution in [3.05, 3.63) is 106 Å². The van der Waals surface area contributed by atoms with Gasteiger partial charge in [0.15, 0.2) is 11.6 Å². The molecule has 3 aromatic heterocycles. The second-order valence-corrected chi connectivity index (χ2v) is 9.19. The predicted molar refractivity (Wildman–Crippen MR) is 165 cm³/mol. The van der Waals surface area contributed by atoms with Gasteiger partial charge >= 0.3 is 0 Å². The van der Waals surface area contributed by atoms with Crippen LogP contribution in [0.2, 0.25) is 0 Å². The van der Waals surface area contributed by atoms with E-state index in [0.717, 1.165) is 22.8 Å². The summed E-state index contributed by atoms with van der Waals surface area (Å²) in [4.78, 5) is 33.1. The highest BCUT2D eigenvalue weighted by Gasteiger charge is 2.17. The molecule has 0 radical (unpaired) electrons. The first-order chi connectivity index (χ1) is 20.2. The molecule has 0 bridgehead atoms. The molecule has 212 valence electrons. The Morgan fingerprint density at radius 2 is 1.79 bits per heavy atom. The Kier molecular flexibility index (Phi) is 8.78. The third-order valence-electron chi connectivity index (χ3n) is 6.24. The van der Waals surface area contributed by atoms with E-state index in [9.17, 15) is 9.59 Å². The molecule has 11 nitrogen and oxygen atoms in total. The van der Waals surface area contributed by atoms with Gasteiger partial charge in [0.2, 0.25) is 0 Å². The fourth-order valence-electron chi connectivity index (χ4n) is 4.36. The topological polar surface area (TPSA) is 152 Å². The largest absolute Gasteiger partial charge is 0.381 e. The molecule has 5 rings (SSSR count). The van der Waals surface area contributed by atoms with Crippen molar-refractivity contribution < 1.29 is 4.79 Å². The average Bonchev–Trinajstić information content (AvgIpc) is 3.45. The summed E-state index contributed by atoms with van der Waals surface area (Å²) in [5, 5.41) is 8.69. The summed E-state index contributed by atoms with van der Waals surface area (Å²) in [5.74, 6) is 6.80. The van der Waals surface area contributed by atoms with Crippen molar-refractivity contribution in [3.8, 4) is 17.5 Å². The smallest absolute Gasteiger partial charge is 0.267 e. The molecule has 0 spiro atoms. The lowest BCUT2D eigenvalue weighted by Gasteiger charge is -2.13. The van der Waals surface area contributed by atoms with Gasteiger partial charge in [0, 0.05) is 38.5 Å². The van der Waals surface area contributed by atoms with Crippen LogP contribution in [0, 0.1) is 18.8 Å². The molecule has 0 aliphatic carbocycles. The molecule has 3 heterocycles. The SMILES string of the molecule is C=C/C=N\c1c(C(N)=O)c(N)nn1C.CCc1nc2cccc(C#Cc3cn(C)nc3C)c2c(=O)n1-c1ccccc1. The Morgan fingerprint density at radius 3 is 2.40 bits per heavy atom. The number of hydrogen-bond donors (Lipinski definition) is 2. The maximum Gasteiger partial charge on any atom is 0.267 e. The number of carbonyl (C=O) groups excluding carboxylic acids is 1. The molecule has 42 heavy (non-hydrogen) atoms. The zero-order valence-electron chi connectivity index (χ0n) is 23.9. The molecule has 0 atom stereocenters. The number of nitrogens with zero attached hydrogens (tertiary/aromatic N) is 7. The van der Waals surface area contributed by atoms with Crippen molar-refractivity contribution in [2.45, 2.75) is 20.3 Å². The third-order valence-corrected chi connectivity index (χ3v) is 6.24. The number of aryl methyl sites for hydroxylation is 4. The van der Waals surface area contributed by atoms with Gasteiger partial charge in [0.1, 0.15) is 11.4 Å². The van der Waals surface area contributed by atoms with Gasteiger partial charge in [0.05, 0.1) is 27.8 Å². The lowest BCUT2D eigenvalue weighted by molar-refractivity contribution is 0.100. The summed E-state index contributed by atoms with van der Waals surface area (Å²) < 4.78 is 4.80. The van der Waals surface area contributed by atoms with Crippen molar-refractivity contribution >= 4 is 34.7 Å². The number of nitrogens with two attached hydrogens (primary N) is 2. The summed E-state index contributed by atoms with van der Waals surface area (Å²) in [6.45, 7) is 7.38. The number of carbonyl (C=O) groups is 1. The third kappa shape index (κ3) is 6.03. The summed E-state index contributed by atoms with van der Waals surface area (Å²) in [5.41, 5.74) is 14.5. The number of anilines is 1. The molecule has 5 aromatic rings. The van der Waals surface area contributed by atoms with E-state index in [2.05, 4.69) is 33.6 Å². The molecular weight excluding hydrogens is 530 g/mol. The summed E-state index contributed by atoms with van der Waals surface area (Å²) in [6.07, 6.45) is 5.45. The van der Waals surface area contributed by atoms with Crippen molar-refractivity contribution in [1.29, 1.82) is 0 Å². The number of fused-ring (bicyclic) bond motifs is 1. The van der Waals surface area contributed by atoms with E-state index in [1.165, 1.54) is 17.0 Å². The Bertz CT molecular complexity index is 1930. The highest BCUT2D eigenvalue weighted by atomic mass is 16.1. The average molecular weight is 562 g/mol. The van der Waals surface area contributed by atoms with Gasteiger partial charge in [-0.15, -0.1) is 0 Å². The van der Waals surface area contributed by atoms with Crippen LogP contribution in [0.5, 0.6) is 0 Å². The summed E-state index contributed by atoms with van der Waals surface area (Å²) in [7, 11) is 3.49. The molecule has 0 fully saturated rings. The van der Waals surface area contributed by atoms with Crippen LogP contribution >= 0.6 is 0 Å². The standard InChI is InChI=1S/C23H20N4O.C8H11N5O/c1-4-21-24-20-12-8-9-17(13-14-18-15-26(3)25-16(18)2)22(20)23(28)27(21)19-10-6-5-7-11-19;1-3-4-11-8-5(7(10)14)6(9)12-13(8)2/h5-12,15H,4H2,1-3H3;3-4H,1H2,2H3,(H2,9,12)(H2,10,14)/b;11-4-. The van der Waals surface area contributed by atoms with Crippen LogP contribution in [0.25, 0.3) is 16.6 Å². The van der Waals surface area contributed by atoms with E-state index in [-0.39, 0.29) is 16.9 Å². The molecule has 1 amide bonds. The zero-order chi connectivity index (χ0) is 30.4. The maximum absolute atomic E-state index is 13.5. The quantitative estimate of drug-likeness (QED) is 0.248. The lowest BCUT2D eigenvalue weighted by atomic mass is 10.1. The van der Waals surface area contributed by atoms with Crippen molar-refractivity contribution in [3.63, 3.8) is 0 Å². The van der Waals surface area contributed by atoms with Gasteiger partial charge in [-0.2, -0.15) is 10.2 Å². The molecule has 11 heteroatoms. The number of primary amides is 1. The van der Waals surface area contributed by atoms with Crippen LogP contribution in [0.3, 0.4) is 0 Å². The summed E-state index contributed by atoms with van der Waals surface area (Å²) >= 11 is 0. The fraction of sp³-hybridized carbons (Fsp3) is 0.161. The van der Waals surface area contributed by atoms with Crippen molar-refractivity contribution in [1.82, 2.24) is 29.1 Å². The van der Waals surface area contributed by atoms with E-state index in [0.29, 0.717) is 28.7 Å². The molecule has 0 unspecified atom stereocenters. The number of hydrogen-bond acceptors (Lipinski definition) is 7. The number of allylic oxidation sites excluding steroid dienone is 1. The Hall–Kier alpha value is -5.76. The van der Waals surface area contributed by atoms with E-state index >= 15 is 0 Å². The van der Waals surface area contributed by atoms with Gasteiger partial charge in [-0.1, -0.05) is 55.7 Å². The second kappa shape index (κ2) is 12.6. The van der Waals surface area contributed by atoms with Crippen molar-refractivity contribution in [2.75, 3.05) is 5.73 Å². The van der Waals surface area contributed by atoms with Crippen LogP contribution in [0.15, 0.2) is 77.2 Å². The summed E-state index contributed by atoms with van der Waals surface area (Å²) in [6, 6.07) is 15.2. The fourth-order valence-corrected chi connectivity index (χ4v) is 4.36. The second-order valence-electron chi connectivity index (χ2n) is 9.19. The minimum Gasteiger partial charge on any atom is -0.381 e. The number of aromatic nitrogens is 6. The number of benzene rings is 2. The molecule has 2 aromatic carbocycles. The molecule has 0 aliphatic rings. The Labute approximate surface area is 242 Å². The normalized spacial score (nSPS) is 10.7. The lowest BCUT2D eigenvalue weighted by Crippen LogP contribution is -2.24. The van der Waals surface area contributed by atoms with Gasteiger partial charge in [-0.05, 0) is 31.2 Å². The first-order valence-electron chi connectivity index (χ1n) is 13.1. The first-order valence-corrected chi connectivity index (χ1v) is 13.1. The van der Waals surface area contributed by atoms with Gasteiger partial charge in [-0.25, -0.2) is 14.7 Å². The van der Waals surface area contributed by atoms with Crippen LogP contribution in [0.1, 0.15) is 39.9 Å². The minimum atomic E-state index is -0.646. The predicted octanol–water partition coefficient (Wildman–Crippen LogP) is 3.38. The van der Waals surface area contributed by atoms with E-state index in [1.54, 1.807) is 16.3 Å². The zero-order valence-corrected chi connectivity index (χ0v) is 23.9. The van der Waals surface area contributed by atoms with Gasteiger partial charge < -0.3 is 11.5 Å². The van der Waals surface area contributed by atoms with Gasteiger partial charge in [0.25, 0.3) is 11.5 Å². The van der Waals surface area contributed by atoms with E-state index in [4.69, 9.17) is 16.5 Å². The number of aliphatic imine (C=N–C) groups is 1. The molecular formula is C31H31N9O2. The molecule has 0 saturated heterocycles. The monoisotopic (exact) mass is 561 g/mol. The molecule has 0 aliphatic heterocycles.